The highest BCUT2D eigenvalue weighted by atomic mass is 35.5. The second kappa shape index (κ2) is 5.80. The fraction of sp³-hybridized carbons (Fsp3) is 0.0769. The van der Waals surface area contributed by atoms with Gasteiger partial charge in [0.05, 0.1) is 5.56 Å². The van der Waals surface area contributed by atoms with E-state index < -0.39 is 0 Å². The van der Waals surface area contributed by atoms with E-state index in [0.717, 1.165) is 5.56 Å². The van der Waals surface area contributed by atoms with E-state index in [2.05, 4.69) is 10.3 Å². The number of halogens is 1. The van der Waals surface area contributed by atoms with E-state index in [4.69, 9.17) is 23.8 Å². The molecule has 2 N–H and O–H groups in total. The lowest BCUT2D eigenvalue weighted by molar-refractivity contribution is 0.0950. The molecule has 0 radical (unpaired) electrons. The first-order valence-corrected chi connectivity index (χ1v) is 6.16. The van der Waals surface area contributed by atoms with Crippen LogP contribution in [0.15, 0.2) is 42.6 Å². The van der Waals surface area contributed by atoms with Crippen LogP contribution in [0.5, 0.6) is 0 Å². The van der Waals surface area contributed by atoms with Crippen molar-refractivity contribution in [1.82, 2.24) is 10.3 Å². The van der Waals surface area contributed by atoms with Crippen LogP contribution in [0.3, 0.4) is 0 Å². The molecular formula is C13H11ClN2OS. The summed E-state index contributed by atoms with van der Waals surface area (Å²) in [6, 6.07) is 10.8. The standard InChI is InChI=1S/C13H11ClN2OS/c14-10-4-1-3-9(7-10)8-16-12(17)11-5-2-6-15-13(11)18/h1-7H,8H2,(H,15,18)(H,16,17). The lowest BCUT2D eigenvalue weighted by Gasteiger charge is -2.05. The Balaban J connectivity index is 2.05. The Hall–Kier alpha value is -1.65. The van der Waals surface area contributed by atoms with E-state index in [-0.39, 0.29) is 5.91 Å². The minimum atomic E-state index is -0.197. The Morgan fingerprint density at radius 1 is 1.33 bits per heavy atom. The second-order valence-corrected chi connectivity index (χ2v) is 4.57. The van der Waals surface area contributed by atoms with Crippen LogP contribution in [-0.2, 0) is 6.54 Å². The molecule has 0 bridgehead atoms. The predicted octanol–water partition coefficient (Wildman–Crippen LogP) is 3.33. The summed E-state index contributed by atoms with van der Waals surface area (Å²) >= 11 is 10.9. The fourth-order valence-electron chi connectivity index (χ4n) is 1.52. The van der Waals surface area contributed by atoms with Gasteiger partial charge in [0.1, 0.15) is 4.64 Å². The van der Waals surface area contributed by atoms with Gasteiger partial charge in [-0.25, -0.2) is 0 Å². The van der Waals surface area contributed by atoms with Crippen LogP contribution in [0.2, 0.25) is 5.02 Å². The maximum atomic E-state index is 11.9. The highest BCUT2D eigenvalue weighted by Gasteiger charge is 2.06. The first-order chi connectivity index (χ1) is 8.66. The third-order valence-electron chi connectivity index (χ3n) is 2.40. The van der Waals surface area contributed by atoms with Crippen molar-refractivity contribution in [2.75, 3.05) is 0 Å². The van der Waals surface area contributed by atoms with Crippen molar-refractivity contribution in [3.8, 4) is 0 Å². The van der Waals surface area contributed by atoms with Crippen molar-refractivity contribution in [2.45, 2.75) is 6.54 Å². The smallest absolute Gasteiger partial charge is 0.254 e. The maximum Gasteiger partial charge on any atom is 0.254 e. The van der Waals surface area contributed by atoms with E-state index >= 15 is 0 Å². The van der Waals surface area contributed by atoms with Crippen LogP contribution in [-0.4, -0.2) is 10.9 Å². The topological polar surface area (TPSA) is 44.9 Å². The Morgan fingerprint density at radius 3 is 2.89 bits per heavy atom. The first-order valence-electron chi connectivity index (χ1n) is 5.37. The predicted molar refractivity (Wildman–Crippen MR) is 74.2 cm³/mol. The van der Waals surface area contributed by atoms with Crippen molar-refractivity contribution in [1.29, 1.82) is 0 Å². The van der Waals surface area contributed by atoms with Crippen LogP contribution < -0.4 is 5.32 Å². The Bertz CT molecular complexity index is 624. The molecule has 2 rings (SSSR count). The number of pyridine rings is 1. The molecule has 0 atom stereocenters. The molecule has 0 aliphatic carbocycles. The normalized spacial score (nSPS) is 10.1. The molecule has 1 amide bonds. The van der Waals surface area contributed by atoms with Gasteiger partial charge in [-0.2, -0.15) is 0 Å². The molecule has 0 spiro atoms. The number of carbonyl (C=O) groups excluding carboxylic acids is 1. The Labute approximate surface area is 115 Å². The Kier molecular flexibility index (Phi) is 4.12. The van der Waals surface area contributed by atoms with Gasteiger partial charge in [0, 0.05) is 17.8 Å². The van der Waals surface area contributed by atoms with E-state index in [0.29, 0.717) is 21.8 Å². The van der Waals surface area contributed by atoms with Gasteiger partial charge in [0.15, 0.2) is 0 Å². The van der Waals surface area contributed by atoms with Crippen LogP contribution in [0.25, 0.3) is 0 Å². The molecule has 92 valence electrons. The average molecular weight is 279 g/mol. The van der Waals surface area contributed by atoms with Crippen LogP contribution in [0.1, 0.15) is 15.9 Å². The van der Waals surface area contributed by atoms with Crippen molar-refractivity contribution >= 4 is 29.7 Å². The Morgan fingerprint density at radius 2 is 2.17 bits per heavy atom. The van der Waals surface area contributed by atoms with Crippen molar-refractivity contribution in [2.24, 2.45) is 0 Å². The molecule has 3 nitrogen and oxygen atoms in total. The number of H-pyrrole nitrogens is 1. The largest absolute Gasteiger partial charge is 0.352 e. The molecule has 5 heteroatoms. The lowest BCUT2D eigenvalue weighted by Crippen LogP contribution is -2.23. The van der Waals surface area contributed by atoms with Gasteiger partial charge in [-0.3, -0.25) is 4.79 Å². The highest BCUT2D eigenvalue weighted by Crippen LogP contribution is 2.10. The van der Waals surface area contributed by atoms with Crippen molar-refractivity contribution < 1.29 is 4.79 Å². The average Bonchev–Trinajstić information content (AvgIpc) is 2.37. The first kappa shape index (κ1) is 12.8. The summed E-state index contributed by atoms with van der Waals surface area (Å²) in [6.07, 6.45) is 1.69. The summed E-state index contributed by atoms with van der Waals surface area (Å²) in [4.78, 5) is 14.7. The summed E-state index contributed by atoms with van der Waals surface area (Å²) in [5, 5.41) is 3.45. The highest BCUT2D eigenvalue weighted by molar-refractivity contribution is 7.71. The number of amides is 1. The molecule has 1 heterocycles. The van der Waals surface area contributed by atoms with Gasteiger partial charge in [-0.1, -0.05) is 36.0 Å². The SMILES string of the molecule is O=C(NCc1cccc(Cl)c1)c1ccc[nH]c1=S. The zero-order valence-corrected chi connectivity index (χ0v) is 11.0. The number of benzene rings is 1. The van der Waals surface area contributed by atoms with Gasteiger partial charge in [0.2, 0.25) is 0 Å². The third kappa shape index (κ3) is 3.18. The van der Waals surface area contributed by atoms with Gasteiger partial charge < -0.3 is 10.3 Å². The summed E-state index contributed by atoms with van der Waals surface area (Å²) < 4.78 is 0.432. The third-order valence-corrected chi connectivity index (χ3v) is 2.98. The molecule has 1 aromatic heterocycles. The maximum absolute atomic E-state index is 11.9. The molecule has 0 saturated carbocycles. The number of nitrogens with one attached hydrogen (secondary N) is 2. The quantitative estimate of drug-likeness (QED) is 0.846. The van der Waals surface area contributed by atoms with E-state index in [1.165, 1.54) is 0 Å². The molecule has 0 aliphatic heterocycles. The molecular weight excluding hydrogens is 268 g/mol. The van der Waals surface area contributed by atoms with Gasteiger partial charge in [0.25, 0.3) is 5.91 Å². The molecule has 2 aromatic rings. The van der Waals surface area contributed by atoms with Gasteiger partial charge >= 0.3 is 0 Å². The summed E-state index contributed by atoms with van der Waals surface area (Å²) in [7, 11) is 0. The minimum Gasteiger partial charge on any atom is -0.352 e. The summed E-state index contributed by atoms with van der Waals surface area (Å²) in [5.41, 5.74) is 1.41. The van der Waals surface area contributed by atoms with Gasteiger partial charge in [-0.15, -0.1) is 0 Å². The van der Waals surface area contributed by atoms with Crippen LogP contribution >= 0.6 is 23.8 Å². The molecule has 0 fully saturated rings. The zero-order chi connectivity index (χ0) is 13.0. The van der Waals surface area contributed by atoms with Crippen LogP contribution in [0.4, 0.5) is 0 Å². The van der Waals surface area contributed by atoms with Crippen molar-refractivity contribution in [3.63, 3.8) is 0 Å². The molecule has 0 saturated heterocycles. The lowest BCUT2D eigenvalue weighted by atomic mass is 10.2. The second-order valence-electron chi connectivity index (χ2n) is 3.73. The summed E-state index contributed by atoms with van der Waals surface area (Å²) in [6.45, 7) is 0.420. The fourth-order valence-corrected chi connectivity index (χ4v) is 1.97. The summed E-state index contributed by atoms with van der Waals surface area (Å²) in [5.74, 6) is -0.197. The number of hydrogen-bond acceptors (Lipinski definition) is 2. The van der Waals surface area contributed by atoms with E-state index in [1.54, 1.807) is 24.4 Å². The number of rotatable bonds is 3. The zero-order valence-electron chi connectivity index (χ0n) is 9.44. The molecule has 0 aliphatic rings. The monoisotopic (exact) mass is 278 g/mol. The number of aromatic nitrogens is 1. The molecule has 0 unspecified atom stereocenters. The van der Waals surface area contributed by atoms with Crippen LogP contribution in [0, 0.1) is 4.64 Å². The molecule has 18 heavy (non-hydrogen) atoms. The minimum absolute atomic E-state index is 0.197. The molecule has 1 aromatic carbocycles. The van der Waals surface area contributed by atoms with E-state index in [9.17, 15) is 4.79 Å². The number of carbonyl (C=O) groups is 1. The van der Waals surface area contributed by atoms with Crippen molar-refractivity contribution in [3.05, 3.63) is 63.4 Å². The van der Waals surface area contributed by atoms with Gasteiger partial charge in [-0.05, 0) is 29.8 Å². The number of hydrogen-bond donors (Lipinski definition) is 2. The number of aromatic amines is 1. The van der Waals surface area contributed by atoms with E-state index in [1.807, 2.05) is 18.2 Å².